The molecule has 1 amide bonds. The fraction of sp³-hybridized carbons (Fsp3) is 0.700. The van der Waals surface area contributed by atoms with Crippen LogP contribution in [-0.4, -0.2) is 45.2 Å². The third-order valence-corrected chi connectivity index (χ3v) is 3.45. The van der Waals surface area contributed by atoms with E-state index in [1.807, 2.05) is 0 Å². The topological polar surface area (TPSA) is 63.1 Å². The smallest absolute Gasteiger partial charge is 0.333 e. The summed E-state index contributed by atoms with van der Waals surface area (Å²) in [6.07, 6.45) is -4.50. The minimum Gasteiger partial charge on any atom is -0.333 e. The van der Waals surface area contributed by atoms with Crippen LogP contribution in [0.3, 0.4) is 0 Å². The van der Waals surface area contributed by atoms with E-state index in [1.54, 1.807) is 4.90 Å². The minimum absolute atomic E-state index is 0.0263. The number of alkyl halides is 3. The molecule has 3 rings (SSSR count). The zero-order chi connectivity index (χ0) is 13.6. The minimum atomic E-state index is -4.50. The van der Waals surface area contributed by atoms with Gasteiger partial charge >= 0.3 is 6.18 Å². The van der Waals surface area contributed by atoms with Gasteiger partial charge < -0.3 is 14.8 Å². The fourth-order valence-electron chi connectivity index (χ4n) is 2.28. The second-order valence-electron chi connectivity index (χ2n) is 4.70. The molecule has 9 heteroatoms. The van der Waals surface area contributed by atoms with Gasteiger partial charge in [-0.3, -0.25) is 4.79 Å². The third kappa shape index (κ3) is 2.07. The monoisotopic (exact) mass is 275 g/mol. The highest BCUT2D eigenvalue weighted by molar-refractivity contribution is 5.80. The Balaban J connectivity index is 1.78. The van der Waals surface area contributed by atoms with Crippen molar-refractivity contribution < 1.29 is 18.0 Å². The molecular formula is C10H12F3N5O. The van der Waals surface area contributed by atoms with Gasteiger partial charge in [-0.25, -0.2) is 0 Å². The third-order valence-electron chi connectivity index (χ3n) is 3.45. The van der Waals surface area contributed by atoms with Crippen molar-refractivity contribution in [3.63, 3.8) is 0 Å². The number of amides is 1. The van der Waals surface area contributed by atoms with Gasteiger partial charge in [0.1, 0.15) is 0 Å². The lowest BCUT2D eigenvalue weighted by Gasteiger charge is -2.34. The van der Waals surface area contributed by atoms with Gasteiger partial charge in [-0.1, -0.05) is 0 Å². The predicted molar refractivity (Wildman–Crippen MR) is 56.8 cm³/mol. The van der Waals surface area contributed by atoms with Crippen molar-refractivity contribution >= 4 is 5.91 Å². The van der Waals surface area contributed by atoms with Gasteiger partial charge in [0.2, 0.25) is 11.7 Å². The van der Waals surface area contributed by atoms with E-state index in [1.165, 1.54) is 0 Å². The van der Waals surface area contributed by atoms with Crippen LogP contribution in [0.2, 0.25) is 0 Å². The van der Waals surface area contributed by atoms with Crippen molar-refractivity contribution in [2.45, 2.75) is 19.3 Å². The Labute approximate surface area is 106 Å². The molecule has 0 unspecified atom stereocenters. The molecule has 1 saturated heterocycles. The van der Waals surface area contributed by atoms with Crippen molar-refractivity contribution in [1.29, 1.82) is 0 Å². The van der Waals surface area contributed by atoms with E-state index >= 15 is 0 Å². The van der Waals surface area contributed by atoms with Gasteiger partial charge in [-0.05, 0) is 0 Å². The molecule has 1 aromatic rings. The lowest BCUT2D eigenvalue weighted by molar-refractivity contribution is -0.148. The van der Waals surface area contributed by atoms with E-state index in [4.69, 9.17) is 0 Å². The largest absolute Gasteiger partial charge is 0.451 e. The van der Waals surface area contributed by atoms with E-state index in [-0.39, 0.29) is 37.3 Å². The number of nitrogens with one attached hydrogen (secondary N) is 1. The number of carbonyl (C=O) groups excluding carboxylic acids is 1. The molecule has 0 aliphatic carbocycles. The van der Waals surface area contributed by atoms with E-state index in [9.17, 15) is 18.0 Å². The molecule has 1 N–H and O–H groups in total. The van der Waals surface area contributed by atoms with Gasteiger partial charge in [0.25, 0.3) is 0 Å². The number of hydrogen-bond donors (Lipinski definition) is 1. The van der Waals surface area contributed by atoms with Crippen LogP contribution >= 0.6 is 0 Å². The highest BCUT2D eigenvalue weighted by Gasteiger charge is 2.40. The quantitative estimate of drug-likeness (QED) is 0.775. The van der Waals surface area contributed by atoms with Gasteiger partial charge in [-0.2, -0.15) is 13.2 Å². The Hall–Kier alpha value is -1.64. The molecule has 6 nitrogen and oxygen atoms in total. The van der Waals surface area contributed by atoms with Crippen molar-refractivity contribution in [3.05, 3.63) is 11.6 Å². The molecule has 2 aliphatic heterocycles. The molecule has 0 atom stereocenters. The van der Waals surface area contributed by atoms with E-state index in [0.29, 0.717) is 13.1 Å². The summed E-state index contributed by atoms with van der Waals surface area (Å²) in [5, 5.41) is 9.72. The van der Waals surface area contributed by atoms with Crippen molar-refractivity contribution in [2.24, 2.45) is 5.92 Å². The highest BCUT2D eigenvalue weighted by atomic mass is 19.4. The van der Waals surface area contributed by atoms with Crippen molar-refractivity contribution in [2.75, 3.05) is 19.6 Å². The Morgan fingerprint density at radius 1 is 1.26 bits per heavy atom. The summed E-state index contributed by atoms with van der Waals surface area (Å²) < 4.78 is 39.0. The summed E-state index contributed by atoms with van der Waals surface area (Å²) >= 11 is 0. The fourth-order valence-corrected chi connectivity index (χ4v) is 2.28. The molecule has 0 bridgehead atoms. The number of fused-ring (bicyclic) bond motifs is 1. The maximum atomic E-state index is 12.6. The van der Waals surface area contributed by atoms with Crippen LogP contribution in [0, 0.1) is 5.92 Å². The summed E-state index contributed by atoms with van der Waals surface area (Å²) in [4.78, 5) is 13.6. The van der Waals surface area contributed by atoms with E-state index < -0.39 is 12.0 Å². The predicted octanol–water partition coefficient (Wildman–Crippen LogP) is -0.141. The first-order valence-corrected chi connectivity index (χ1v) is 5.95. The first kappa shape index (κ1) is 12.4. The molecule has 0 spiro atoms. The summed E-state index contributed by atoms with van der Waals surface area (Å²) in [5.41, 5.74) is 0. The van der Waals surface area contributed by atoms with Gasteiger partial charge in [0.05, 0.1) is 12.5 Å². The maximum Gasteiger partial charge on any atom is 0.451 e. The average Bonchev–Trinajstić information content (AvgIpc) is 2.68. The van der Waals surface area contributed by atoms with Crippen LogP contribution in [0.5, 0.6) is 0 Å². The Morgan fingerprint density at radius 3 is 2.58 bits per heavy atom. The zero-order valence-electron chi connectivity index (χ0n) is 9.94. The first-order valence-electron chi connectivity index (χ1n) is 5.95. The van der Waals surface area contributed by atoms with Crippen LogP contribution in [0.25, 0.3) is 0 Å². The molecular weight excluding hydrogens is 263 g/mol. The Bertz CT molecular complexity index is 508. The average molecular weight is 275 g/mol. The molecule has 104 valence electrons. The summed E-state index contributed by atoms with van der Waals surface area (Å²) in [5.74, 6) is -0.878. The molecule has 0 saturated carbocycles. The van der Waals surface area contributed by atoms with E-state index in [2.05, 4.69) is 15.5 Å². The number of halogens is 3. The zero-order valence-corrected chi connectivity index (χ0v) is 9.94. The standard InChI is InChI=1S/C10H12F3N5O/c11-10(12,13)9-16-15-7-5-17(1-2-18(7)9)8(19)6-3-14-4-6/h6,14H,1-5H2. The van der Waals surface area contributed by atoms with Crippen molar-refractivity contribution in [1.82, 2.24) is 25.0 Å². The molecule has 3 heterocycles. The number of nitrogens with zero attached hydrogens (tertiary/aromatic N) is 4. The number of hydrogen-bond acceptors (Lipinski definition) is 4. The molecule has 0 aromatic carbocycles. The molecule has 1 aromatic heterocycles. The number of carbonyl (C=O) groups is 1. The molecule has 0 radical (unpaired) electrons. The second-order valence-corrected chi connectivity index (χ2v) is 4.70. The number of aromatic nitrogens is 3. The normalized spacial score (nSPS) is 20.1. The lowest BCUT2D eigenvalue weighted by Crippen LogP contribution is -2.53. The Morgan fingerprint density at radius 2 is 2.00 bits per heavy atom. The molecule has 2 aliphatic rings. The first-order chi connectivity index (χ1) is 8.97. The second kappa shape index (κ2) is 4.19. The van der Waals surface area contributed by atoms with E-state index in [0.717, 1.165) is 4.57 Å². The Kier molecular flexibility index (Phi) is 2.73. The van der Waals surface area contributed by atoms with Gasteiger partial charge in [0.15, 0.2) is 5.82 Å². The van der Waals surface area contributed by atoms with Crippen LogP contribution in [0.15, 0.2) is 0 Å². The molecule has 19 heavy (non-hydrogen) atoms. The number of rotatable bonds is 1. The SMILES string of the molecule is O=C(C1CNC1)N1CCn2c(nnc2C(F)(F)F)C1. The summed E-state index contributed by atoms with van der Waals surface area (Å²) in [7, 11) is 0. The summed E-state index contributed by atoms with van der Waals surface area (Å²) in [6, 6.07) is 0. The van der Waals surface area contributed by atoms with Gasteiger partial charge in [0, 0.05) is 26.2 Å². The highest BCUT2D eigenvalue weighted by Crippen LogP contribution is 2.29. The molecule has 1 fully saturated rings. The van der Waals surface area contributed by atoms with Crippen LogP contribution in [0.1, 0.15) is 11.6 Å². The van der Waals surface area contributed by atoms with Crippen molar-refractivity contribution in [3.8, 4) is 0 Å². The van der Waals surface area contributed by atoms with Crippen LogP contribution < -0.4 is 5.32 Å². The van der Waals surface area contributed by atoms with Crippen LogP contribution in [0.4, 0.5) is 13.2 Å². The maximum absolute atomic E-state index is 12.6. The summed E-state index contributed by atoms with van der Waals surface area (Å²) in [6.45, 7) is 1.72. The van der Waals surface area contributed by atoms with Gasteiger partial charge in [-0.15, -0.1) is 10.2 Å². The van der Waals surface area contributed by atoms with Crippen LogP contribution in [-0.2, 0) is 24.1 Å². The lowest BCUT2D eigenvalue weighted by atomic mass is 10.0.